The topological polar surface area (TPSA) is 6.48 Å². The summed E-state index contributed by atoms with van der Waals surface area (Å²) in [5.41, 5.74) is 21.1. The molecular weight excluding hydrogens is 780 g/mol. The molecule has 0 saturated carbocycles. The molecule has 3 aliphatic carbocycles. The Morgan fingerprint density at radius 2 is 1.25 bits per heavy atom. The van der Waals surface area contributed by atoms with Gasteiger partial charge in [0.05, 0.1) is 11.0 Å². The molecule has 2 unspecified atom stereocenters. The van der Waals surface area contributed by atoms with Crippen molar-refractivity contribution in [3.63, 3.8) is 0 Å². The van der Waals surface area contributed by atoms with E-state index in [2.05, 4.69) is 204 Å². The van der Waals surface area contributed by atoms with Crippen LogP contribution in [0.3, 0.4) is 0 Å². The predicted octanol–water partition coefficient (Wildman–Crippen LogP) is 15.0. The molecule has 0 spiro atoms. The van der Waals surface area contributed by atoms with Gasteiger partial charge in [-0.05, 0) is 180 Å². The maximum absolute atomic E-state index is 2.88. The summed E-state index contributed by atoms with van der Waals surface area (Å²) in [6, 6.07) is 30.6. The van der Waals surface area contributed by atoms with Gasteiger partial charge in [-0.2, -0.15) is 0 Å². The molecule has 63 heavy (non-hydrogen) atoms. The maximum Gasteiger partial charge on any atom is 0.249 e. The summed E-state index contributed by atoms with van der Waals surface area (Å²) < 4.78 is 1.46. The average Bonchev–Trinajstić information content (AvgIpc) is 3.57. The van der Waals surface area contributed by atoms with Crippen LogP contribution in [0.5, 0.6) is 0 Å². The highest BCUT2D eigenvalue weighted by Crippen LogP contribution is 2.57. The van der Waals surface area contributed by atoms with Crippen molar-refractivity contribution in [1.29, 1.82) is 0 Å². The number of anilines is 4. The largest absolute Gasteiger partial charge is 0.327 e. The number of benzene rings is 4. The average molecular weight is 851 g/mol. The zero-order valence-electron chi connectivity index (χ0n) is 41.2. The fourth-order valence-corrected chi connectivity index (χ4v) is 14.8. The lowest BCUT2D eigenvalue weighted by Crippen LogP contribution is -2.61. The standard InChI is InChI=1S/C59H71BN2S/c1-53(2,3)35-16-19-38(20-17-35)61-46-23-18-36-28-45(46)60-50-40-32-44-43(57(11,12)26-27-59(44,15)34-58(36,13)14)33-49(40)63-52(50)62(48-30-37(54(4,5)6)29-47(61)51(48)60)39-21-22-41-42(31-39)56(9,10)25-24-55(41,7)8/h16-23,28-29,31-33,48H,24-27,30,34H2,1-15H3. The molecular formula is C59H71BN2S. The normalized spacial score (nSPS) is 24.7. The van der Waals surface area contributed by atoms with Crippen molar-refractivity contribution in [2.24, 2.45) is 5.41 Å². The Bertz CT molecular complexity index is 2840. The van der Waals surface area contributed by atoms with E-state index in [1.54, 1.807) is 16.6 Å². The van der Waals surface area contributed by atoms with Crippen molar-refractivity contribution in [2.45, 2.75) is 181 Å². The van der Waals surface area contributed by atoms with Gasteiger partial charge in [0.25, 0.3) is 0 Å². The van der Waals surface area contributed by atoms with E-state index >= 15 is 0 Å². The highest BCUT2D eigenvalue weighted by atomic mass is 32.1. The second-order valence-electron chi connectivity index (χ2n) is 25.9. The zero-order chi connectivity index (χ0) is 44.8. The minimum absolute atomic E-state index is 0.00573. The second-order valence-corrected chi connectivity index (χ2v) is 26.9. The van der Waals surface area contributed by atoms with Gasteiger partial charge < -0.3 is 9.80 Å². The molecule has 0 fully saturated rings. The molecule has 2 nitrogen and oxygen atoms in total. The number of thiophene rings is 1. The van der Waals surface area contributed by atoms with Crippen LogP contribution in [0.1, 0.15) is 176 Å². The molecule has 4 heterocycles. The Morgan fingerprint density at radius 1 is 0.619 bits per heavy atom. The van der Waals surface area contributed by atoms with Crippen molar-refractivity contribution < 1.29 is 0 Å². The molecule has 326 valence electrons. The molecule has 0 radical (unpaired) electrons. The number of hydrogen-bond acceptors (Lipinski definition) is 3. The van der Waals surface area contributed by atoms with Crippen LogP contribution in [-0.4, -0.2) is 12.8 Å². The van der Waals surface area contributed by atoms with Crippen LogP contribution in [0.25, 0.3) is 10.1 Å². The van der Waals surface area contributed by atoms with Crippen molar-refractivity contribution >= 4 is 61.1 Å². The van der Waals surface area contributed by atoms with Gasteiger partial charge in [0.15, 0.2) is 0 Å². The Hall–Kier alpha value is -4.02. The van der Waals surface area contributed by atoms with Crippen molar-refractivity contribution in [2.75, 3.05) is 9.80 Å². The lowest BCUT2D eigenvalue weighted by Gasteiger charge is -2.51. The Labute approximate surface area is 384 Å². The van der Waals surface area contributed by atoms with Crippen LogP contribution in [0, 0.1) is 5.41 Å². The van der Waals surface area contributed by atoms with E-state index in [1.807, 2.05) is 0 Å². The number of allylic oxidation sites excluding steroid dienone is 1. The third kappa shape index (κ3) is 6.00. The third-order valence-corrected chi connectivity index (χ3v) is 18.7. The van der Waals surface area contributed by atoms with Gasteiger partial charge in [-0.15, -0.1) is 11.3 Å². The monoisotopic (exact) mass is 851 g/mol. The SMILES string of the molecule is CC(C)(C)C1=CC2=C3B4c5cc(ccc5N2c2ccc(C(C)(C)C)cc2)C(C)(C)CC2(C)CCC(C)(C)c5cc6sc(c4c6cc52)N(c2ccc4c(c2)C(C)(C)CCC4(C)C)C3C1. The van der Waals surface area contributed by atoms with Gasteiger partial charge in [0.2, 0.25) is 6.71 Å². The molecule has 0 N–H and O–H groups in total. The summed E-state index contributed by atoms with van der Waals surface area (Å²) in [6.07, 6.45) is 9.65. The zero-order valence-corrected chi connectivity index (χ0v) is 42.0. The lowest BCUT2D eigenvalue weighted by atomic mass is 9.31. The molecule has 2 atom stereocenters. The molecule has 4 aromatic carbocycles. The van der Waals surface area contributed by atoms with Gasteiger partial charge in [0.1, 0.15) is 0 Å². The Morgan fingerprint density at radius 3 is 1.92 bits per heavy atom. The van der Waals surface area contributed by atoms with E-state index in [0.29, 0.717) is 0 Å². The lowest BCUT2D eigenvalue weighted by molar-refractivity contribution is 0.251. The fraction of sp³-hybridized carbons (Fsp3) is 0.492. The van der Waals surface area contributed by atoms with Gasteiger partial charge in [-0.25, -0.2) is 0 Å². The summed E-state index contributed by atoms with van der Waals surface area (Å²) >= 11 is 2.09. The first-order valence-electron chi connectivity index (χ1n) is 24.4. The van der Waals surface area contributed by atoms with Crippen molar-refractivity contribution in [3.8, 4) is 0 Å². The summed E-state index contributed by atoms with van der Waals surface area (Å²) in [5.74, 6) is 0. The highest BCUT2D eigenvalue weighted by molar-refractivity contribution is 7.26. The van der Waals surface area contributed by atoms with Crippen LogP contribution >= 0.6 is 11.3 Å². The molecule has 3 aliphatic heterocycles. The summed E-state index contributed by atoms with van der Waals surface area (Å²) in [5, 5.41) is 2.95. The molecule has 0 saturated heterocycles. The third-order valence-electron chi connectivity index (χ3n) is 17.5. The number of hydrogen-bond donors (Lipinski definition) is 0. The fourth-order valence-electron chi connectivity index (χ4n) is 13.4. The van der Waals surface area contributed by atoms with E-state index in [4.69, 9.17) is 0 Å². The molecule has 5 aromatic rings. The number of fused-ring (bicyclic) bond motifs is 2. The quantitative estimate of drug-likeness (QED) is 0.163. The van der Waals surface area contributed by atoms with Gasteiger partial charge in [0, 0.05) is 27.5 Å². The highest BCUT2D eigenvalue weighted by Gasteiger charge is 2.53. The van der Waals surface area contributed by atoms with Crippen LogP contribution < -0.4 is 20.7 Å². The van der Waals surface area contributed by atoms with E-state index in [1.165, 1.54) is 102 Å². The summed E-state index contributed by atoms with van der Waals surface area (Å²) in [4.78, 5) is 5.56. The number of nitrogens with zero attached hydrogens (tertiary/aromatic N) is 2. The molecule has 11 rings (SSSR count). The van der Waals surface area contributed by atoms with Gasteiger partial charge >= 0.3 is 0 Å². The maximum atomic E-state index is 2.88. The first-order chi connectivity index (χ1) is 29.3. The van der Waals surface area contributed by atoms with Crippen LogP contribution in [0.2, 0.25) is 0 Å². The van der Waals surface area contributed by atoms with E-state index in [0.717, 1.165) is 12.8 Å². The summed E-state index contributed by atoms with van der Waals surface area (Å²) in [6.45, 7) is 37.1. The number of rotatable bonds is 2. The van der Waals surface area contributed by atoms with E-state index in [9.17, 15) is 0 Å². The van der Waals surface area contributed by atoms with Crippen molar-refractivity contribution in [3.05, 3.63) is 129 Å². The predicted molar refractivity (Wildman–Crippen MR) is 275 cm³/mol. The molecule has 1 aromatic heterocycles. The Balaban J connectivity index is 1.28. The molecule has 4 heteroatoms. The van der Waals surface area contributed by atoms with E-state index in [-0.39, 0.29) is 50.7 Å². The smallest absolute Gasteiger partial charge is 0.249 e. The summed E-state index contributed by atoms with van der Waals surface area (Å²) in [7, 11) is 0. The van der Waals surface area contributed by atoms with Crippen LogP contribution in [0.4, 0.5) is 22.1 Å². The first kappa shape index (κ1) is 41.7. The first-order valence-corrected chi connectivity index (χ1v) is 25.2. The minimum Gasteiger partial charge on any atom is -0.327 e. The van der Waals surface area contributed by atoms with Crippen LogP contribution in [0.15, 0.2) is 95.6 Å². The second kappa shape index (κ2) is 12.9. The van der Waals surface area contributed by atoms with E-state index < -0.39 is 0 Å². The molecule has 4 bridgehead atoms. The molecule has 0 amide bonds. The van der Waals surface area contributed by atoms with Gasteiger partial charge in [-0.3, -0.25) is 0 Å². The Kier molecular flexibility index (Phi) is 8.51. The van der Waals surface area contributed by atoms with Crippen LogP contribution in [-0.2, 0) is 32.5 Å². The minimum atomic E-state index is -0.0131. The molecule has 6 aliphatic rings. The van der Waals surface area contributed by atoms with Gasteiger partial charge in [-0.1, -0.05) is 140 Å². The van der Waals surface area contributed by atoms with Crippen molar-refractivity contribution in [1.82, 2.24) is 0 Å².